The van der Waals surface area contributed by atoms with Crippen LogP contribution in [0, 0.1) is 17.2 Å². The first-order chi connectivity index (χ1) is 5.40. The summed E-state index contributed by atoms with van der Waals surface area (Å²) >= 11 is 0. The summed E-state index contributed by atoms with van der Waals surface area (Å²) in [6.07, 6.45) is 0.750. The minimum Gasteiger partial charge on any atom is -0.376 e. The van der Waals surface area contributed by atoms with Crippen molar-refractivity contribution in [3.63, 3.8) is 0 Å². The molecule has 0 aromatic carbocycles. The molecule has 0 aliphatic heterocycles. The van der Waals surface area contributed by atoms with Crippen LogP contribution in [0.25, 0.3) is 0 Å². The summed E-state index contributed by atoms with van der Waals surface area (Å²) in [4.78, 5) is 0. The zero-order valence-electron chi connectivity index (χ0n) is 9.09. The van der Waals surface area contributed by atoms with E-state index in [1.165, 1.54) is 0 Å². The minimum atomic E-state index is 0.190. The summed E-state index contributed by atoms with van der Waals surface area (Å²) in [5.74, 6) is 0.190. The van der Waals surface area contributed by atoms with Crippen LogP contribution in [0.15, 0.2) is 0 Å². The molecule has 2 nitrogen and oxygen atoms in total. The average Bonchev–Trinajstić information content (AvgIpc) is 1.85. The number of rotatable bonds is 2. The Labute approximate surface area is 76.5 Å². The largest absolute Gasteiger partial charge is 0.376 e. The van der Waals surface area contributed by atoms with E-state index >= 15 is 0 Å². The molecule has 0 aliphatic carbocycles. The SMILES string of the molecule is CC(C)C#N.CC(C)OC(C)C. The molecule has 0 bridgehead atoms. The lowest BCUT2D eigenvalue weighted by Gasteiger charge is -2.09. The van der Waals surface area contributed by atoms with Crippen LogP contribution in [0.3, 0.4) is 0 Å². The maximum Gasteiger partial charge on any atom is 0.0649 e. The highest BCUT2D eigenvalue weighted by Crippen LogP contribution is 1.93. The van der Waals surface area contributed by atoms with E-state index in [2.05, 4.69) is 0 Å². The van der Waals surface area contributed by atoms with Crippen molar-refractivity contribution >= 4 is 0 Å². The van der Waals surface area contributed by atoms with Gasteiger partial charge in [-0.2, -0.15) is 5.26 Å². The van der Waals surface area contributed by atoms with Gasteiger partial charge < -0.3 is 4.74 Å². The monoisotopic (exact) mass is 171 g/mol. The van der Waals surface area contributed by atoms with Gasteiger partial charge in [0, 0.05) is 5.92 Å². The van der Waals surface area contributed by atoms with Crippen molar-refractivity contribution in [3.05, 3.63) is 0 Å². The first kappa shape index (κ1) is 14.0. The minimum absolute atomic E-state index is 0.190. The topological polar surface area (TPSA) is 33.0 Å². The van der Waals surface area contributed by atoms with Gasteiger partial charge in [0.15, 0.2) is 0 Å². The maximum absolute atomic E-state index is 7.89. The summed E-state index contributed by atoms with van der Waals surface area (Å²) in [6.45, 7) is 11.9. The van der Waals surface area contributed by atoms with E-state index < -0.39 is 0 Å². The van der Waals surface area contributed by atoms with Crippen molar-refractivity contribution in [1.82, 2.24) is 0 Å². The first-order valence-corrected chi connectivity index (χ1v) is 4.45. The average molecular weight is 171 g/mol. The van der Waals surface area contributed by atoms with Crippen molar-refractivity contribution in [1.29, 1.82) is 5.26 Å². The molecule has 0 saturated carbocycles. The van der Waals surface area contributed by atoms with Gasteiger partial charge in [-0.05, 0) is 41.5 Å². The lowest BCUT2D eigenvalue weighted by molar-refractivity contribution is 0.0300. The lowest BCUT2D eigenvalue weighted by atomic mass is 10.3. The Morgan fingerprint density at radius 2 is 1.17 bits per heavy atom. The van der Waals surface area contributed by atoms with Gasteiger partial charge in [-0.3, -0.25) is 0 Å². The summed E-state index contributed by atoms with van der Waals surface area (Å²) in [5.41, 5.74) is 0. The molecule has 0 aromatic rings. The molecule has 0 rings (SSSR count). The Hall–Kier alpha value is -0.550. The standard InChI is InChI=1S/C6H14O.C4H7N/c1-5(2)7-6(3)4;1-4(2)3-5/h5-6H,1-4H3;4H,1-2H3. The van der Waals surface area contributed by atoms with E-state index in [1.807, 2.05) is 47.6 Å². The molecule has 0 amide bonds. The van der Waals surface area contributed by atoms with Crippen molar-refractivity contribution in [3.8, 4) is 6.07 Å². The molecular formula is C10H21NO. The summed E-state index contributed by atoms with van der Waals surface area (Å²) < 4.78 is 5.25. The number of hydrogen-bond acceptors (Lipinski definition) is 2. The van der Waals surface area contributed by atoms with E-state index in [9.17, 15) is 0 Å². The van der Waals surface area contributed by atoms with Crippen LogP contribution in [0.4, 0.5) is 0 Å². The first-order valence-electron chi connectivity index (χ1n) is 4.45. The molecule has 0 radical (unpaired) electrons. The fraction of sp³-hybridized carbons (Fsp3) is 0.900. The predicted molar refractivity (Wildman–Crippen MR) is 51.8 cm³/mol. The van der Waals surface area contributed by atoms with Crippen LogP contribution in [0.2, 0.25) is 0 Å². The normalized spacial score (nSPS) is 9.67. The molecule has 0 unspecified atom stereocenters. The molecule has 12 heavy (non-hydrogen) atoms. The van der Waals surface area contributed by atoms with Gasteiger partial charge in [-0.15, -0.1) is 0 Å². The molecule has 0 atom stereocenters. The van der Waals surface area contributed by atoms with Crippen molar-refractivity contribution in [2.45, 2.75) is 53.8 Å². The Morgan fingerprint density at radius 3 is 1.17 bits per heavy atom. The van der Waals surface area contributed by atoms with Crippen LogP contribution >= 0.6 is 0 Å². The fourth-order valence-electron chi connectivity index (χ4n) is 0.544. The maximum atomic E-state index is 7.89. The number of hydrogen-bond donors (Lipinski definition) is 0. The van der Waals surface area contributed by atoms with Gasteiger partial charge in [-0.25, -0.2) is 0 Å². The Kier molecular flexibility index (Phi) is 9.97. The number of nitriles is 1. The molecule has 72 valence electrons. The van der Waals surface area contributed by atoms with Crippen LogP contribution in [-0.2, 0) is 4.74 Å². The van der Waals surface area contributed by atoms with E-state index in [4.69, 9.17) is 10.00 Å². The van der Waals surface area contributed by atoms with Crippen molar-refractivity contribution < 1.29 is 4.74 Å². The molecule has 0 heterocycles. The highest BCUT2D eigenvalue weighted by atomic mass is 16.5. The fourth-order valence-corrected chi connectivity index (χ4v) is 0.544. The molecule has 2 heteroatoms. The molecule has 0 N–H and O–H groups in total. The third-order valence-electron chi connectivity index (χ3n) is 0.803. The predicted octanol–water partition coefficient (Wildman–Crippen LogP) is 2.99. The van der Waals surface area contributed by atoms with Gasteiger partial charge in [-0.1, -0.05) is 0 Å². The summed E-state index contributed by atoms with van der Waals surface area (Å²) in [7, 11) is 0. The zero-order chi connectivity index (χ0) is 10.1. The lowest BCUT2D eigenvalue weighted by Crippen LogP contribution is -2.09. The van der Waals surface area contributed by atoms with Gasteiger partial charge in [0.25, 0.3) is 0 Å². The Bertz CT molecular complexity index is 116. The van der Waals surface area contributed by atoms with Crippen LogP contribution in [0.1, 0.15) is 41.5 Å². The van der Waals surface area contributed by atoms with Gasteiger partial charge in [0.05, 0.1) is 18.3 Å². The van der Waals surface area contributed by atoms with E-state index in [0.717, 1.165) is 0 Å². The van der Waals surface area contributed by atoms with Gasteiger partial charge in [0.1, 0.15) is 0 Å². The zero-order valence-corrected chi connectivity index (χ0v) is 9.09. The van der Waals surface area contributed by atoms with Crippen LogP contribution < -0.4 is 0 Å². The Balaban J connectivity index is 0. The molecular weight excluding hydrogens is 150 g/mol. The van der Waals surface area contributed by atoms with E-state index in [-0.39, 0.29) is 5.92 Å². The van der Waals surface area contributed by atoms with Crippen molar-refractivity contribution in [2.75, 3.05) is 0 Å². The van der Waals surface area contributed by atoms with Crippen LogP contribution in [-0.4, -0.2) is 12.2 Å². The second-order valence-electron chi connectivity index (χ2n) is 3.52. The van der Waals surface area contributed by atoms with Gasteiger partial charge in [0.2, 0.25) is 0 Å². The van der Waals surface area contributed by atoms with Crippen molar-refractivity contribution in [2.24, 2.45) is 5.92 Å². The summed E-state index contributed by atoms with van der Waals surface area (Å²) in [6, 6.07) is 2.03. The molecule has 0 saturated heterocycles. The molecule has 0 aromatic heterocycles. The number of nitrogens with zero attached hydrogens (tertiary/aromatic N) is 1. The second kappa shape index (κ2) is 8.55. The molecule has 0 spiro atoms. The third-order valence-corrected chi connectivity index (χ3v) is 0.803. The Morgan fingerprint density at radius 1 is 0.917 bits per heavy atom. The third kappa shape index (κ3) is 22.7. The molecule has 0 fully saturated rings. The molecule has 0 aliphatic rings. The smallest absolute Gasteiger partial charge is 0.0649 e. The second-order valence-corrected chi connectivity index (χ2v) is 3.52. The quantitative estimate of drug-likeness (QED) is 0.640. The highest BCUT2D eigenvalue weighted by Gasteiger charge is 1.94. The summed E-state index contributed by atoms with van der Waals surface area (Å²) in [5, 5.41) is 7.89. The number of ether oxygens (including phenoxy) is 1. The van der Waals surface area contributed by atoms with Gasteiger partial charge >= 0.3 is 0 Å². The van der Waals surface area contributed by atoms with E-state index in [0.29, 0.717) is 12.2 Å². The van der Waals surface area contributed by atoms with Crippen LogP contribution in [0.5, 0.6) is 0 Å². The van der Waals surface area contributed by atoms with E-state index in [1.54, 1.807) is 0 Å². The highest BCUT2D eigenvalue weighted by molar-refractivity contribution is 4.72.